The standard InChI is InChI=1S/C20H23N7/c1-12-10-23-15-4-2-3-14(18(12)15)11-24-19-22-8-7-20(21,25-19)17-9-16(26-27-17)13-5-6-13/h2-4,7-10,13,23H,5-6,11,21H2,1H3,(H,26,27)(H2,22,24,25). The molecule has 0 radical (unpaired) electrons. The van der Waals surface area contributed by atoms with E-state index in [1.54, 1.807) is 0 Å². The van der Waals surface area contributed by atoms with Crippen molar-refractivity contribution in [2.45, 2.75) is 37.9 Å². The molecule has 1 aliphatic heterocycles. The highest BCUT2D eigenvalue weighted by Gasteiger charge is 2.33. The van der Waals surface area contributed by atoms with Crippen LogP contribution in [-0.4, -0.2) is 21.1 Å². The Kier molecular flexibility index (Phi) is 3.58. The van der Waals surface area contributed by atoms with Gasteiger partial charge in [0.25, 0.3) is 0 Å². The van der Waals surface area contributed by atoms with Crippen molar-refractivity contribution in [3.8, 4) is 0 Å². The fraction of sp³-hybridized carbons (Fsp3) is 0.300. The van der Waals surface area contributed by atoms with E-state index in [9.17, 15) is 0 Å². The first kappa shape index (κ1) is 16.1. The molecule has 0 saturated heterocycles. The summed E-state index contributed by atoms with van der Waals surface area (Å²) in [6.45, 7) is 2.67. The number of nitrogens with two attached hydrogens (primary N) is 1. The van der Waals surface area contributed by atoms with Crippen LogP contribution in [0.5, 0.6) is 0 Å². The van der Waals surface area contributed by atoms with Crippen LogP contribution in [0.2, 0.25) is 0 Å². The molecular weight excluding hydrogens is 338 g/mol. The van der Waals surface area contributed by atoms with Crippen LogP contribution in [0.3, 0.4) is 0 Å². The summed E-state index contributed by atoms with van der Waals surface area (Å²) in [6, 6.07) is 8.30. The molecule has 1 atom stereocenters. The van der Waals surface area contributed by atoms with Crippen molar-refractivity contribution >= 4 is 16.9 Å². The van der Waals surface area contributed by atoms with Gasteiger partial charge < -0.3 is 21.4 Å². The van der Waals surface area contributed by atoms with Crippen molar-refractivity contribution in [2.24, 2.45) is 10.7 Å². The highest BCUT2D eigenvalue weighted by Crippen LogP contribution is 2.39. The van der Waals surface area contributed by atoms with Gasteiger partial charge in [0.15, 0.2) is 11.6 Å². The molecule has 0 bridgehead atoms. The molecule has 1 saturated carbocycles. The van der Waals surface area contributed by atoms with Gasteiger partial charge in [0, 0.05) is 34.9 Å². The molecule has 3 heterocycles. The Morgan fingerprint density at radius 3 is 3.07 bits per heavy atom. The number of nitrogens with zero attached hydrogens (tertiary/aromatic N) is 2. The minimum atomic E-state index is -0.871. The van der Waals surface area contributed by atoms with Crippen LogP contribution in [0.25, 0.3) is 10.9 Å². The van der Waals surface area contributed by atoms with E-state index in [1.807, 2.05) is 24.5 Å². The summed E-state index contributed by atoms with van der Waals surface area (Å²) in [4.78, 5) is 8.01. The number of rotatable bonds is 4. The Hall–Kier alpha value is -3.06. The first-order valence-electron chi connectivity index (χ1n) is 9.29. The molecule has 7 heteroatoms. The van der Waals surface area contributed by atoms with Crippen LogP contribution in [-0.2, 0) is 12.2 Å². The zero-order valence-electron chi connectivity index (χ0n) is 15.2. The lowest BCUT2D eigenvalue weighted by Crippen LogP contribution is -2.57. The quantitative estimate of drug-likeness (QED) is 0.492. The fourth-order valence-electron chi connectivity index (χ4n) is 3.65. The van der Waals surface area contributed by atoms with Gasteiger partial charge in [-0.25, -0.2) is 4.99 Å². The van der Waals surface area contributed by atoms with Gasteiger partial charge in [-0.1, -0.05) is 12.1 Å². The number of aryl methyl sites for hydroxylation is 1. The van der Waals surface area contributed by atoms with Gasteiger partial charge >= 0.3 is 0 Å². The number of benzene rings is 1. The van der Waals surface area contributed by atoms with Crippen molar-refractivity contribution in [2.75, 3.05) is 0 Å². The zero-order chi connectivity index (χ0) is 18.4. The second-order valence-corrected chi connectivity index (χ2v) is 7.43. The second kappa shape index (κ2) is 5.99. The third-order valence-corrected chi connectivity index (χ3v) is 5.33. The van der Waals surface area contributed by atoms with Gasteiger partial charge in [0.1, 0.15) is 5.69 Å². The van der Waals surface area contributed by atoms with E-state index in [1.165, 1.54) is 29.4 Å². The number of aliphatic imine (C=N–C) groups is 1. The summed E-state index contributed by atoms with van der Waals surface area (Å²) in [5, 5.41) is 15.2. The third kappa shape index (κ3) is 2.90. The lowest BCUT2D eigenvalue weighted by atomic mass is 10.1. The average molecular weight is 361 g/mol. The maximum absolute atomic E-state index is 6.57. The number of nitrogens with one attached hydrogen (secondary N) is 4. The lowest BCUT2D eigenvalue weighted by molar-refractivity contribution is 0.483. The second-order valence-electron chi connectivity index (χ2n) is 7.43. The largest absolute Gasteiger partial charge is 0.361 e. The SMILES string of the molecule is Cc1c[nH]c2cccc(CN=C3NC=CC(N)(c4cc(C5CC5)[nH]n4)N3)c12. The van der Waals surface area contributed by atoms with E-state index in [0.29, 0.717) is 18.4 Å². The Labute approximate surface area is 157 Å². The third-order valence-electron chi connectivity index (χ3n) is 5.33. The van der Waals surface area contributed by atoms with Crippen LogP contribution in [0.4, 0.5) is 0 Å². The molecule has 7 nitrogen and oxygen atoms in total. The molecule has 27 heavy (non-hydrogen) atoms. The summed E-state index contributed by atoms with van der Waals surface area (Å²) in [5.41, 5.74) is 11.2. The zero-order valence-corrected chi connectivity index (χ0v) is 15.2. The van der Waals surface area contributed by atoms with Crippen molar-refractivity contribution in [1.29, 1.82) is 0 Å². The first-order chi connectivity index (χ1) is 13.1. The minimum Gasteiger partial charge on any atom is -0.361 e. The Bertz CT molecular complexity index is 1050. The summed E-state index contributed by atoms with van der Waals surface area (Å²) >= 11 is 0. The number of fused-ring (bicyclic) bond motifs is 1. The number of guanidine groups is 1. The number of aromatic amines is 2. The van der Waals surface area contributed by atoms with Crippen LogP contribution < -0.4 is 16.4 Å². The molecule has 0 amide bonds. The van der Waals surface area contributed by atoms with Crippen LogP contribution in [0, 0.1) is 6.92 Å². The number of aromatic nitrogens is 3. The van der Waals surface area contributed by atoms with Gasteiger partial charge in [0.2, 0.25) is 0 Å². The molecule has 1 fully saturated rings. The van der Waals surface area contributed by atoms with Crippen LogP contribution in [0.15, 0.2) is 47.7 Å². The van der Waals surface area contributed by atoms with Crippen molar-refractivity contribution in [1.82, 2.24) is 25.8 Å². The Morgan fingerprint density at radius 1 is 1.33 bits per heavy atom. The highest BCUT2D eigenvalue weighted by atomic mass is 15.3. The van der Waals surface area contributed by atoms with Crippen LogP contribution >= 0.6 is 0 Å². The maximum atomic E-state index is 6.57. The number of hydrogen-bond acceptors (Lipinski definition) is 3. The minimum absolute atomic E-state index is 0.559. The first-order valence-corrected chi connectivity index (χ1v) is 9.29. The molecule has 1 unspecified atom stereocenters. The molecular formula is C20H23N7. The summed E-state index contributed by atoms with van der Waals surface area (Å²) < 4.78 is 0. The van der Waals surface area contributed by atoms with E-state index in [-0.39, 0.29) is 0 Å². The van der Waals surface area contributed by atoms with E-state index < -0.39 is 5.66 Å². The van der Waals surface area contributed by atoms with Crippen molar-refractivity contribution in [3.63, 3.8) is 0 Å². The number of H-pyrrole nitrogens is 2. The Morgan fingerprint density at radius 2 is 2.22 bits per heavy atom. The lowest BCUT2D eigenvalue weighted by Gasteiger charge is -2.30. The Balaban J connectivity index is 1.39. The van der Waals surface area contributed by atoms with E-state index in [4.69, 9.17) is 10.7 Å². The maximum Gasteiger partial charge on any atom is 0.197 e. The molecule has 1 aliphatic carbocycles. The monoisotopic (exact) mass is 361 g/mol. The molecule has 0 spiro atoms. The van der Waals surface area contributed by atoms with Crippen LogP contribution in [0.1, 0.15) is 41.3 Å². The molecule has 138 valence electrons. The van der Waals surface area contributed by atoms with Gasteiger partial charge in [-0.15, -0.1) is 0 Å². The van der Waals surface area contributed by atoms with E-state index >= 15 is 0 Å². The molecule has 2 aromatic heterocycles. The molecule has 5 rings (SSSR count). The number of hydrogen-bond donors (Lipinski definition) is 5. The van der Waals surface area contributed by atoms with Gasteiger partial charge in [-0.2, -0.15) is 5.10 Å². The van der Waals surface area contributed by atoms with E-state index in [0.717, 1.165) is 16.9 Å². The van der Waals surface area contributed by atoms with Gasteiger partial charge in [-0.3, -0.25) is 5.10 Å². The molecule has 1 aromatic carbocycles. The summed E-state index contributed by atoms with van der Waals surface area (Å²) in [6.07, 6.45) is 8.17. The smallest absolute Gasteiger partial charge is 0.197 e. The molecule has 6 N–H and O–H groups in total. The molecule has 3 aromatic rings. The highest BCUT2D eigenvalue weighted by molar-refractivity contribution is 5.87. The normalized spacial score (nSPS) is 23.6. The summed E-state index contributed by atoms with van der Waals surface area (Å²) in [5.74, 6) is 1.25. The van der Waals surface area contributed by atoms with Crippen molar-refractivity contribution < 1.29 is 0 Å². The van der Waals surface area contributed by atoms with Gasteiger partial charge in [-0.05, 0) is 49.1 Å². The summed E-state index contributed by atoms with van der Waals surface area (Å²) in [7, 11) is 0. The predicted molar refractivity (Wildman–Crippen MR) is 106 cm³/mol. The van der Waals surface area contributed by atoms with E-state index in [2.05, 4.69) is 50.9 Å². The van der Waals surface area contributed by atoms with Crippen molar-refractivity contribution in [3.05, 3.63) is 65.3 Å². The van der Waals surface area contributed by atoms with Gasteiger partial charge in [0.05, 0.1) is 6.54 Å². The topological polar surface area (TPSA) is 107 Å². The average Bonchev–Trinajstić information content (AvgIpc) is 3.26. The fourth-order valence-corrected chi connectivity index (χ4v) is 3.65. The predicted octanol–water partition coefficient (Wildman–Crippen LogP) is 2.45. The molecule has 2 aliphatic rings.